The number of rotatable bonds is 14. The smallest absolute Gasteiger partial charge is 0.217 e. The Morgan fingerprint density at radius 1 is 0.545 bits per heavy atom. The molecule has 0 radical (unpaired) electrons. The Morgan fingerprint density at radius 3 is 1.58 bits per heavy atom. The van der Waals surface area contributed by atoms with Crippen molar-refractivity contribution in [2.45, 2.75) is 136 Å². The second-order valence-corrected chi connectivity index (χ2v) is 13.7. The molecule has 20 atom stereocenters. The van der Waals surface area contributed by atoms with Crippen LogP contribution in [0.4, 0.5) is 0 Å². The first-order valence-electron chi connectivity index (χ1n) is 17.6. The Labute approximate surface area is 313 Å². The van der Waals surface area contributed by atoms with Crippen LogP contribution in [-0.4, -0.2) is 216 Å². The molecule has 1 amide bonds. The Hall–Kier alpha value is -2.11. The summed E-state index contributed by atoms with van der Waals surface area (Å²) in [5.74, 6) is -0.747. The standard InChI is InChI=1S/C33H51NO21/c1-12(39)34-18-21(42)27(53-32-24(45)22(43)19(40)14(7-35)49-32)16(9-37)51-30(18)55-29-20(41)15(8-36)50-33(26(29)47)54-28-17(10-38)52-31(25(46)23(28)44)48-11-13-5-3-2-4-6-13/h2-6,14-33,35-38,40-47H,7-11H2,1H3,(H,34,39). The van der Waals surface area contributed by atoms with Gasteiger partial charge in [0.05, 0.1) is 33.0 Å². The van der Waals surface area contributed by atoms with Gasteiger partial charge in [-0.25, -0.2) is 0 Å². The minimum absolute atomic E-state index is 0.0202. The molecule has 0 aliphatic carbocycles. The van der Waals surface area contributed by atoms with Crippen molar-refractivity contribution in [3.8, 4) is 0 Å². The van der Waals surface area contributed by atoms with Crippen LogP contribution in [0.2, 0.25) is 0 Å². The molecule has 4 aliphatic rings. The van der Waals surface area contributed by atoms with Crippen molar-refractivity contribution < 1.29 is 104 Å². The van der Waals surface area contributed by atoms with Crippen molar-refractivity contribution in [3.63, 3.8) is 0 Å². The zero-order valence-corrected chi connectivity index (χ0v) is 29.5. The molecule has 0 spiro atoms. The van der Waals surface area contributed by atoms with Crippen molar-refractivity contribution in [2.75, 3.05) is 26.4 Å². The van der Waals surface area contributed by atoms with E-state index in [9.17, 15) is 66.1 Å². The van der Waals surface area contributed by atoms with E-state index < -0.39 is 155 Å². The summed E-state index contributed by atoms with van der Waals surface area (Å²) in [6.45, 7) is -2.30. The number of ether oxygens (including phenoxy) is 8. The molecule has 314 valence electrons. The van der Waals surface area contributed by atoms with Gasteiger partial charge in [-0.2, -0.15) is 0 Å². The quantitative estimate of drug-likeness (QED) is 0.0831. The lowest BCUT2D eigenvalue weighted by atomic mass is 9.94. The molecule has 4 aliphatic heterocycles. The molecule has 20 unspecified atom stereocenters. The number of nitrogens with one attached hydrogen (secondary N) is 1. The summed E-state index contributed by atoms with van der Waals surface area (Å²) in [5, 5.41) is 129. The fourth-order valence-electron chi connectivity index (χ4n) is 6.82. The average Bonchev–Trinajstić information content (AvgIpc) is 3.18. The van der Waals surface area contributed by atoms with E-state index >= 15 is 0 Å². The highest BCUT2D eigenvalue weighted by molar-refractivity contribution is 5.73. The average molecular weight is 798 g/mol. The van der Waals surface area contributed by atoms with Crippen LogP contribution in [0.5, 0.6) is 0 Å². The summed E-state index contributed by atoms with van der Waals surface area (Å²) in [4.78, 5) is 12.3. The molecular weight excluding hydrogens is 746 g/mol. The number of carbonyl (C=O) groups is 1. The van der Waals surface area contributed by atoms with Crippen LogP contribution in [0.1, 0.15) is 12.5 Å². The number of aliphatic hydroxyl groups is 12. The second-order valence-electron chi connectivity index (χ2n) is 13.7. The highest BCUT2D eigenvalue weighted by Gasteiger charge is 2.55. The van der Waals surface area contributed by atoms with Gasteiger partial charge >= 0.3 is 0 Å². The molecule has 22 nitrogen and oxygen atoms in total. The molecule has 4 saturated heterocycles. The summed E-state index contributed by atoms with van der Waals surface area (Å²) in [5.41, 5.74) is 0.724. The predicted molar refractivity (Wildman–Crippen MR) is 174 cm³/mol. The number of benzene rings is 1. The van der Waals surface area contributed by atoms with Gasteiger partial charge in [-0.05, 0) is 5.56 Å². The largest absolute Gasteiger partial charge is 0.394 e. The molecule has 1 aromatic carbocycles. The summed E-state index contributed by atoms with van der Waals surface area (Å²) in [7, 11) is 0. The third-order valence-corrected chi connectivity index (χ3v) is 9.84. The fourth-order valence-corrected chi connectivity index (χ4v) is 6.82. The van der Waals surface area contributed by atoms with E-state index in [0.717, 1.165) is 12.5 Å². The van der Waals surface area contributed by atoms with Crippen molar-refractivity contribution >= 4 is 5.91 Å². The number of amides is 1. The molecule has 0 saturated carbocycles. The number of carbonyl (C=O) groups excluding carboxylic acids is 1. The van der Waals surface area contributed by atoms with E-state index in [1.165, 1.54) is 0 Å². The Bertz CT molecular complexity index is 1330. The molecule has 13 N–H and O–H groups in total. The molecule has 0 aromatic heterocycles. The first-order chi connectivity index (χ1) is 26.2. The maximum absolute atomic E-state index is 12.3. The lowest BCUT2D eigenvalue weighted by Crippen LogP contribution is -2.69. The zero-order chi connectivity index (χ0) is 40.1. The number of hydrogen-bond acceptors (Lipinski definition) is 21. The Balaban J connectivity index is 1.31. The predicted octanol–water partition coefficient (Wildman–Crippen LogP) is -7.38. The minimum atomic E-state index is -2.01. The van der Waals surface area contributed by atoms with Crippen LogP contribution in [0.25, 0.3) is 0 Å². The summed E-state index contributed by atoms with van der Waals surface area (Å²) >= 11 is 0. The van der Waals surface area contributed by atoms with Crippen LogP contribution in [0.15, 0.2) is 30.3 Å². The molecule has 1 aromatic rings. The third-order valence-electron chi connectivity index (χ3n) is 9.84. The highest BCUT2D eigenvalue weighted by atomic mass is 16.8. The van der Waals surface area contributed by atoms with E-state index in [2.05, 4.69) is 5.32 Å². The van der Waals surface area contributed by atoms with E-state index in [0.29, 0.717) is 0 Å². The molecule has 22 heteroatoms. The summed E-state index contributed by atoms with van der Waals surface area (Å²) < 4.78 is 45.4. The van der Waals surface area contributed by atoms with Gasteiger partial charge in [0, 0.05) is 6.92 Å². The maximum Gasteiger partial charge on any atom is 0.217 e. The highest BCUT2D eigenvalue weighted by Crippen LogP contribution is 2.34. The van der Waals surface area contributed by atoms with E-state index in [1.807, 2.05) is 0 Å². The van der Waals surface area contributed by atoms with Gasteiger partial charge in [-0.1, -0.05) is 30.3 Å². The van der Waals surface area contributed by atoms with Gasteiger partial charge in [0.2, 0.25) is 5.91 Å². The van der Waals surface area contributed by atoms with Gasteiger partial charge in [-0.3, -0.25) is 4.79 Å². The van der Waals surface area contributed by atoms with Gasteiger partial charge < -0.3 is 104 Å². The fraction of sp³-hybridized carbons (Fsp3) is 0.788. The van der Waals surface area contributed by atoms with Crippen LogP contribution in [-0.2, 0) is 49.3 Å². The van der Waals surface area contributed by atoms with Crippen LogP contribution >= 0.6 is 0 Å². The number of aliphatic hydroxyl groups excluding tert-OH is 12. The zero-order valence-electron chi connectivity index (χ0n) is 29.5. The van der Waals surface area contributed by atoms with E-state index in [4.69, 9.17) is 37.9 Å². The SMILES string of the molecule is CC(=O)NC1C(OC2C(O)C(CO)OC(OC3C(CO)OC(OCc4ccccc4)C(O)C3O)C2O)OC(CO)C(OC2OC(CO)C(O)C(O)C2O)C1O. The molecule has 4 fully saturated rings. The summed E-state index contributed by atoms with van der Waals surface area (Å²) in [6.07, 6.45) is -32.6. The van der Waals surface area contributed by atoms with Gasteiger partial charge in [0.1, 0.15) is 97.6 Å². The molecule has 55 heavy (non-hydrogen) atoms. The lowest BCUT2D eigenvalue weighted by Gasteiger charge is -2.50. The lowest BCUT2D eigenvalue weighted by molar-refractivity contribution is -0.381. The van der Waals surface area contributed by atoms with Crippen LogP contribution < -0.4 is 5.32 Å². The molecule has 4 heterocycles. The Morgan fingerprint density at radius 2 is 1.02 bits per heavy atom. The minimum Gasteiger partial charge on any atom is -0.394 e. The first-order valence-corrected chi connectivity index (χ1v) is 17.6. The Kier molecular flexibility index (Phi) is 15.6. The number of hydrogen-bond donors (Lipinski definition) is 13. The monoisotopic (exact) mass is 797 g/mol. The van der Waals surface area contributed by atoms with Gasteiger partial charge in [-0.15, -0.1) is 0 Å². The maximum atomic E-state index is 12.3. The van der Waals surface area contributed by atoms with Crippen molar-refractivity contribution in [1.82, 2.24) is 5.32 Å². The molecular formula is C33H51NO21. The van der Waals surface area contributed by atoms with E-state index in [1.54, 1.807) is 30.3 Å². The van der Waals surface area contributed by atoms with Crippen molar-refractivity contribution in [1.29, 1.82) is 0 Å². The van der Waals surface area contributed by atoms with Crippen LogP contribution in [0.3, 0.4) is 0 Å². The van der Waals surface area contributed by atoms with Gasteiger partial charge in [0.15, 0.2) is 25.2 Å². The van der Waals surface area contributed by atoms with Crippen molar-refractivity contribution in [2.24, 2.45) is 0 Å². The van der Waals surface area contributed by atoms with Crippen LogP contribution in [0, 0.1) is 0 Å². The summed E-state index contributed by atoms with van der Waals surface area (Å²) in [6, 6.07) is 7.22. The second kappa shape index (κ2) is 19.6. The normalized spacial score (nSPS) is 45.3. The third kappa shape index (κ3) is 9.78. The topological polar surface area (TPSA) is 346 Å². The van der Waals surface area contributed by atoms with E-state index in [-0.39, 0.29) is 6.61 Å². The molecule has 5 rings (SSSR count). The van der Waals surface area contributed by atoms with Gasteiger partial charge in [0.25, 0.3) is 0 Å². The van der Waals surface area contributed by atoms with Crippen molar-refractivity contribution in [3.05, 3.63) is 35.9 Å². The molecule has 0 bridgehead atoms. The first kappa shape index (κ1) is 44.0.